The summed E-state index contributed by atoms with van der Waals surface area (Å²) in [5, 5.41) is 6.51. The van der Waals surface area contributed by atoms with Crippen molar-refractivity contribution in [1.29, 1.82) is 0 Å². The molecule has 1 aromatic carbocycles. The Balaban J connectivity index is 2.60. The molecule has 0 aliphatic heterocycles. The number of nitrogens with one attached hydrogen (secondary N) is 2. The zero-order valence-corrected chi connectivity index (χ0v) is 13.1. The normalized spacial score (nSPS) is 12.1. The first-order chi connectivity index (χ1) is 8.60. The SMILES string of the molecule is CC(C)(C)NC(=O)NCC(C)(C)c1ccc(Cl)cc1. The molecule has 0 heterocycles. The van der Waals surface area contributed by atoms with E-state index in [1.54, 1.807) is 0 Å². The third-order valence-corrected chi connectivity index (χ3v) is 3.06. The highest BCUT2D eigenvalue weighted by Gasteiger charge is 2.22. The van der Waals surface area contributed by atoms with Gasteiger partial charge in [0.1, 0.15) is 0 Å². The molecule has 0 unspecified atom stereocenters. The van der Waals surface area contributed by atoms with E-state index in [1.807, 2.05) is 45.0 Å². The quantitative estimate of drug-likeness (QED) is 0.872. The summed E-state index contributed by atoms with van der Waals surface area (Å²) in [5.41, 5.74) is 0.780. The molecule has 0 spiro atoms. The lowest BCUT2D eigenvalue weighted by Crippen LogP contribution is -2.49. The Morgan fingerprint density at radius 1 is 1.11 bits per heavy atom. The molecule has 0 aliphatic carbocycles. The molecule has 106 valence electrons. The number of hydrogen-bond acceptors (Lipinski definition) is 1. The summed E-state index contributed by atoms with van der Waals surface area (Å²) < 4.78 is 0. The van der Waals surface area contributed by atoms with Gasteiger partial charge in [0.25, 0.3) is 0 Å². The average molecular weight is 283 g/mol. The third kappa shape index (κ3) is 5.52. The molecule has 3 nitrogen and oxygen atoms in total. The molecule has 0 atom stereocenters. The van der Waals surface area contributed by atoms with Gasteiger partial charge in [0.2, 0.25) is 0 Å². The number of carbonyl (C=O) groups is 1. The minimum atomic E-state index is -0.228. The van der Waals surface area contributed by atoms with Crippen molar-refractivity contribution in [2.24, 2.45) is 0 Å². The van der Waals surface area contributed by atoms with Gasteiger partial charge in [0.05, 0.1) is 0 Å². The van der Waals surface area contributed by atoms with Crippen LogP contribution in [0, 0.1) is 0 Å². The molecule has 0 aliphatic rings. The van der Waals surface area contributed by atoms with Crippen molar-refractivity contribution in [3.63, 3.8) is 0 Å². The second-order valence-electron chi connectivity index (χ2n) is 6.45. The number of amides is 2. The number of carbonyl (C=O) groups excluding carboxylic acids is 1. The second kappa shape index (κ2) is 5.83. The van der Waals surface area contributed by atoms with Crippen LogP contribution >= 0.6 is 11.6 Å². The highest BCUT2D eigenvalue weighted by molar-refractivity contribution is 6.30. The Kier molecular flexibility index (Phi) is 4.86. The molecule has 2 amide bonds. The molecule has 2 N–H and O–H groups in total. The lowest BCUT2D eigenvalue weighted by molar-refractivity contribution is 0.229. The molecule has 0 saturated carbocycles. The summed E-state index contributed by atoms with van der Waals surface area (Å²) in [6.45, 7) is 10.6. The molecular formula is C15H23ClN2O. The summed E-state index contributed by atoms with van der Waals surface area (Å²) in [6.07, 6.45) is 0. The topological polar surface area (TPSA) is 41.1 Å². The lowest BCUT2D eigenvalue weighted by atomic mass is 9.85. The van der Waals surface area contributed by atoms with Gasteiger partial charge in [-0.2, -0.15) is 0 Å². The van der Waals surface area contributed by atoms with E-state index in [2.05, 4.69) is 24.5 Å². The summed E-state index contributed by atoms with van der Waals surface area (Å²) in [4.78, 5) is 11.7. The van der Waals surface area contributed by atoms with Gasteiger partial charge in [-0.25, -0.2) is 4.79 Å². The third-order valence-electron chi connectivity index (χ3n) is 2.81. The fourth-order valence-electron chi connectivity index (χ4n) is 1.69. The van der Waals surface area contributed by atoms with Crippen LogP contribution in [-0.4, -0.2) is 18.1 Å². The van der Waals surface area contributed by atoms with E-state index in [1.165, 1.54) is 0 Å². The zero-order valence-electron chi connectivity index (χ0n) is 12.3. The Morgan fingerprint density at radius 3 is 2.11 bits per heavy atom. The van der Waals surface area contributed by atoms with E-state index in [0.29, 0.717) is 6.54 Å². The standard InChI is InChI=1S/C15H23ClN2O/c1-14(2,3)18-13(19)17-10-15(4,5)11-6-8-12(16)9-7-11/h6-9H,10H2,1-5H3,(H2,17,18,19). The van der Waals surface area contributed by atoms with Crippen molar-refractivity contribution in [2.75, 3.05) is 6.54 Å². The van der Waals surface area contributed by atoms with Crippen molar-refractivity contribution < 1.29 is 4.79 Å². The van der Waals surface area contributed by atoms with Crippen molar-refractivity contribution in [2.45, 2.75) is 45.6 Å². The summed E-state index contributed by atoms with van der Waals surface area (Å²) in [7, 11) is 0. The molecule has 0 bridgehead atoms. The summed E-state index contributed by atoms with van der Waals surface area (Å²) >= 11 is 5.88. The highest BCUT2D eigenvalue weighted by atomic mass is 35.5. The first-order valence-corrected chi connectivity index (χ1v) is 6.80. The Labute approximate surface area is 120 Å². The van der Waals surface area contributed by atoms with Gasteiger partial charge in [-0.15, -0.1) is 0 Å². The van der Waals surface area contributed by atoms with Crippen molar-refractivity contribution in [3.8, 4) is 0 Å². The lowest BCUT2D eigenvalue weighted by Gasteiger charge is -2.27. The van der Waals surface area contributed by atoms with E-state index in [0.717, 1.165) is 10.6 Å². The minimum absolute atomic E-state index is 0.139. The van der Waals surface area contributed by atoms with Gasteiger partial charge < -0.3 is 10.6 Å². The van der Waals surface area contributed by atoms with E-state index in [4.69, 9.17) is 11.6 Å². The number of halogens is 1. The van der Waals surface area contributed by atoms with E-state index < -0.39 is 0 Å². The van der Waals surface area contributed by atoms with Crippen LogP contribution in [0.5, 0.6) is 0 Å². The van der Waals surface area contributed by atoms with Crippen LogP contribution in [0.2, 0.25) is 5.02 Å². The van der Waals surface area contributed by atoms with Crippen molar-refractivity contribution >= 4 is 17.6 Å². The van der Waals surface area contributed by atoms with Crippen LogP contribution in [0.15, 0.2) is 24.3 Å². The molecule has 1 rings (SSSR count). The maximum atomic E-state index is 11.7. The largest absolute Gasteiger partial charge is 0.337 e. The molecule has 1 aromatic rings. The van der Waals surface area contributed by atoms with E-state index in [9.17, 15) is 4.79 Å². The van der Waals surface area contributed by atoms with Crippen molar-refractivity contribution in [3.05, 3.63) is 34.9 Å². The first kappa shape index (κ1) is 15.8. The van der Waals surface area contributed by atoms with Gasteiger partial charge in [-0.1, -0.05) is 37.6 Å². The number of benzene rings is 1. The molecular weight excluding hydrogens is 260 g/mol. The molecule has 19 heavy (non-hydrogen) atoms. The molecule has 0 fully saturated rings. The fourth-order valence-corrected chi connectivity index (χ4v) is 1.82. The first-order valence-electron chi connectivity index (χ1n) is 6.42. The predicted octanol–water partition coefficient (Wildman–Crippen LogP) is 3.72. The maximum absolute atomic E-state index is 11.7. The monoisotopic (exact) mass is 282 g/mol. The smallest absolute Gasteiger partial charge is 0.315 e. The number of hydrogen-bond donors (Lipinski definition) is 2. The van der Waals surface area contributed by atoms with Crippen LogP contribution in [0.25, 0.3) is 0 Å². The summed E-state index contributed by atoms with van der Waals surface area (Å²) in [6, 6.07) is 7.58. The van der Waals surface area contributed by atoms with Gasteiger partial charge in [-0.05, 0) is 38.5 Å². The zero-order chi connectivity index (χ0) is 14.7. The highest BCUT2D eigenvalue weighted by Crippen LogP contribution is 2.23. The molecule has 0 radical (unpaired) electrons. The average Bonchev–Trinajstić information content (AvgIpc) is 2.25. The van der Waals surface area contributed by atoms with E-state index >= 15 is 0 Å². The van der Waals surface area contributed by atoms with Crippen LogP contribution < -0.4 is 10.6 Å². The maximum Gasteiger partial charge on any atom is 0.315 e. The van der Waals surface area contributed by atoms with Crippen LogP contribution in [0.1, 0.15) is 40.2 Å². The molecule has 4 heteroatoms. The van der Waals surface area contributed by atoms with E-state index in [-0.39, 0.29) is 17.0 Å². The van der Waals surface area contributed by atoms with Gasteiger partial charge in [0, 0.05) is 22.5 Å². The number of rotatable bonds is 3. The minimum Gasteiger partial charge on any atom is -0.337 e. The van der Waals surface area contributed by atoms with Gasteiger partial charge in [-0.3, -0.25) is 0 Å². The summed E-state index contributed by atoms with van der Waals surface area (Å²) in [5.74, 6) is 0. The fraction of sp³-hybridized carbons (Fsp3) is 0.533. The number of urea groups is 1. The molecule has 0 aromatic heterocycles. The Hall–Kier alpha value is -1.22. The Bertz CT molecular complexity index is 432. The van der Waals surface area contributed by atoms with Crippen molar-refractivity contribution in [1.82, 2.24) is 10.6 Å². The van der Waals surface area contributed by atoms with Crippen LogP contribution in [0.4, 0.5) is 4.79 Å². The second-order valence-corrected chi connectivity index (χ2v) is 6.88. The van der Waals surface area contributed by atoms with Crippen LogP contribution in [-0.2, 0) is 5.41 Å². The molecule has 0 saturated heterocycles. The Morgan fingerprint density at radius 2 is 1.63 bits per heavy atom. The predicted molar refractivity (Wildman–Crippen MR) is 80.8 cm³/mol. The van der Waals surface area contributed by atoms with Gasteiger partial charge in [0.15, 0.2) is 0 Å². The van der Waals surface area contributed by atoms with Crippen LogP contribution in [0.3, 0.4) is 0 Å². The van der Waals surface area contributed by atoms with Gasteiger partial charge >= 0.3 is 6.03 Å².